The smallest absolute Gasteiger partial charge is 0.243 e. The van der Waals surface area contributed by atoms with Gasteiger partial charge >= 0.3 is 0 Å². The number of piperidine rings is 1. The largest absolute Gasteiger partial charge is 0.310 e. The molecule has 2 aliphatic rings. The van der Waals surface area contributed by atoms with Crippen LogP contribution in [0, 0.1) is 6.92 Å². The fraction of sp³-hybridized carbons (Fsp3) is 0.625. The van der Waals surface area contributed by atoms with Crippen LogP contribution in [0.2, 0.25) is 0 Å². The van der Waals surface area contributed by atoms with Crippen LogP contribution in [0.15, 0.2) is 23.1 Å². The van der Waals surface area contributed by atoms with Crippen LogP contribution < -0.4 is 5.32 Å². The molecule has 0 radical (unpaired) electrons. The summed E-state index contributed by atoms with van der Waals surface area (Å²) in [6, 6.07) is 6.17. The van der Waals surface area contributed by atoms with Crippen molar-refractivity contribution in [2.75, 3.05) is 13.1 Å². The highest BCUT2D eigenvalue weighted by Crippen LogP contribution is 2.24. The van der Waals surface area contributed by atoms with Crippen LogP contribution in [-0.4, -0.2) is 31.9 Å². The number of aryl methyl sites for hydroxylation is 1. The van der Waals surface area contributed by atoms with Crippen molar-refractivity contribution in [3.05, 3.63) is 29.3 Å². The van der Waals surface area contributed by atoms with Crippen molar-refractivity contribution < 1.29 is 8.42 Å². The Morgan fingerprint density at radius 1 is 1.19 bits per heavy atom. The van der Waals surface area contributed by atoms with Gasteiger partial charge in [-0.25, -0.2) is 8.42 Å². The second-order valence-electron chi connectivity index (χ2n) is 6.21. The fourth-order valence-electron chi connectivity index (χ4n) is 2.79. The van der Waals surface area contributed by atoms with Crippen LogP contribution in [0.1, 0.15) is 43.2 Å². The molecule has 1 saturated heterocycles. The second kappa shape index (κ2) is 6.07. The van der Waals surface area contributed by atoms with E-state index in [1.807, 2.05) is 19.1 Å². The van der Waals surface area contributed by atoms with Gasteiger partial charge in [-0.05, 0) is 55.9 Å². The third kappa shape index (κ3) is 3.47. The average molecular weight is 308 g/mol. The van der Waals surface area contributed by atoms with E-state index in [9.17, 15) is 8.42 Å². The summed E-state index contributed by atoms with van der Waals surface area (Å²) in [5.41, 5.74) is 2.25. The maximum atomic E-state index is 12.7. The lowest BCUT2D eigenvalue weighted by atomic mass is 10.1. The highest BCUT2D eigenvalue weighted by molar-refractivity contribution is 7.89. The SMILES string of the molecule is Cc1ccc(S(=O)(=O)N2CCCCC2)cc1CNC1CC1. The Balaban J connectivity index is 1.81. The molecule has 1 aromatic rings. The Kier molecular flexibility index (Phi) is 4.33. The summed E-state index contributed by atoms with van der Waals surface area (Å²) < 4.78 is 27.1. The standard InChI is InChI=1S/C16H24N2O2S/c1-13-5-8-16(11-14(13)12-17-15-6-7-15)21(19,20)18-9-3-2-4-10-18/h5,8,11,15,17H,2-4,6-7,9-10,12H2,1H3. The minimum atomic E-state index is -3.32. The average Bonchev–Trinajstić information content (AvgIpc) is 3.31. The molecule has 5 heteroatoms. The Bertz CT molecular complexity index is 603. The van der Waals surface area contributed by atoms with Crippen molar-refractivity contribution in [2.24, 2.45) is 0 Å². The molecule has 21 heavy (non-hydrogen) atoms. The van der Waals surface area contributed by atoms with Gasteiger partial charge in [-0.3, -0.25) is 0 Å². The van der Waals surface area contributed by atoms with Crippen molar-refractivity contribution in [3.8, 4) is 0 Å². The summed E-state index contributed by atoms with van der Waals surface area (Å²) in [4.78, 5) is 0.447. The predicted octanol–water partition coefficient (Wildman–Crippen LogP) is 2.42. The van der Waals surface area contributed by atoms with Gasteiger partial charge in [0.25, 0.3) is 0 Å². The number of nitrogens with zero attached hydrogens (tertiary/aromatic N) is 1. The topological polar surface area (TPSA) is 49.4 Å². The fourth-order valence-corrected chi connectivity index (χ4v) is 4.36. The van der Waals surface area contributed by atoms with Gasteiger partial charge < -0.3 is 5.32 Å². The third-order valence-electron chi connectivity index (χ3n) is 4.43. The normalized spacial score (nSPS) is 20.6. The Morgan fingerprint density at radius 2 is 1.90 bits per heavy atom. The highest BCUT2D eigenvalue weighted by atomic mass is 32.2. The molecule has 116 valence electrons. The molecule has 0 atom stereocenters. The maximum Gasteiger partial charge on any atom is 0.243 e. The molecular formula is C16H24N2O2S. The molecule has 1 aliphatic heterocycles. The molecule has 2 fully saturated rings. The van der Waals surface area contributed by atoms with Crippen molar-refractivity contribution >= 4 is 10.0 Å². The van der Waals surface area contributed by atoms with Crippen LogP contribution >= 0.6 is 0 Å². The first-order valence-electron chi connectivity index (χ1n) is 7.90. The van der Waals surface area contributed by atoms with E-state index in [1.54, 1.807) is 10.4 Å². The first-order chi connectivity index (χ1) is 10.1. The minimum Gasteiger partial charge on any atom is -0.310 e. The van der Waals surface area contributed by atoms with Gasteiger partial charge in [0.1, 0.15) is 0 Å². The van der Waals surface area contributed by atoms with Crippen LogP contribution in [0.25, 0.3) is 0 Å². The number of sulfonamides is 1. The van der Waals surface area contributed by atoms with Crippen LogP contribution in [0.4, 0.5) is 0 Å². The number of nitrogens with one attached hydrogen (secondary N) is 1. The van der Waals surface area contributed by atoms with Crippen molar-refractivity contribution in [3.63, 3.8) is 0 Å². The van der Waals surface area contributed by atoms with Gasteiger partial charge in [-0.15, -0.1) is 0 Å². The summed E-state index contributed by atoms with van der Waals surface area (Å²) in [5, 5.41) is 3.46. The van der Waals surface area contributed by atoms with Crippen molar-refractivity contribution in [2.45, 2.75) is 56.5 Å². The first-order valence-corrected chi connectivity index (χ1v) is 9.34. The van der Waals surface area contributed by atoms with Crippen LogP contribution in [0.5, 0.6) is 0 Å². The van der Waals surface area contributed by atoms with Crippen LogP contribution in [-0.2, 0) is 16.6 Å². The summed E-state index contributed by atoms with van der Waals surface area (Å²) in [6.45, 7) is 4.12. The molecule has 0 amide bonds. The quantitative estimate of drug-likeness (QED) is 0.909. The molecule has 3 rings (SSSR count). The molecule has 0 unspecified atom stereocenters. The number of hydrogen-bond acceptors (Lipinski definition) is 3. The number of hydrogen-bond donors (Lipinski definition) is 1. The maximum absolute atomic E-state index is 12.7. The van der Waals surface area contributed by atoms with Gasteiger partial charge in [0.05, 0.1) is 4.90 Å². The van der Waals surface area contributed by atoms with E-state index in [4.69, 9.17) is 0 Å². The zero-order valence-corrected chi connectivity index (χ0v) is 13.5. The molecule has 1 aromatic carbocycles. The van der Waals surface area contributed by atoms with Crippen molar-refractivity contribution in [1.29, 1.82) is 0 Å². The molecule has 0 aromatic heterocycles. The Labute approximate surface area is 127 Å². The third-order valence-corrected chi connectivity index (χ3v) is 6.33. The zero-order chi connectivity index (χ0) is 14.9. The Hall–Kier alpha value is -0.910. The van der Waals surface area contributed by atoms with Gasteiger partial charge in [-0.1, -0.05) is 12.5 Å². The Morgan fingerprint density at radius 3 is 2.57 bits per heavy atom. The van der Waals surface area contributed by atoms with E-state index >= 15 is 0 Å². The predicted molar refractivity (Wildman–Crippen MR) is 83.7 cm³/mol. The molecule has 1 N–H and O–H groups in total. The lowest BCUT2D eigenvalue weighted by Gasteiger charge is -2.26. The summed E-state index contributed by atoms with van der Waals surface area (Å²) in [5.74, 6) is 0. The monoisotopic (exact) mass is 308 g/mol. The first kappa shape index (κ1) is 15.0. The van der Waals surface area contributed by atoms with E-state index in [0.29, 0.717) is 24.0 Å². The summed E-state index contributed by atoms with van der Waals surface area (Å²) in [6.07, 6.45) is 5.56. The molecule has 4 nitrogen and oxygen atoms in total. The highest BCUT2D eigenvalue weighted by Gasteiger charge is 2.26. The zero-order valence-electron chi connectivity index (χ0n) is 12.6. The minimum absolute atomic E-state index is 0.447. The summed E-state index contributed by atoms with van der Waals surface area (Å²) in [7, 11) is -3.32. The molecule has 1 saturated carbocycles. The van der Waals surface area contributed by atoms with E-state index in [2.05, 4.69) is 5.32 Å². The second-order valence-corrected chi connectivity index (χ2v) is 8.15. The van der Waals surface area contributed by atoms with Crippen molar-refractivity contribution in [1.82, 2.24) is 9.62 Å². The lowest BCUT2D eigenvalue weighted by molar-refractivity contribution is 0.346. The van der Waals surface area contributed by atoms with E-state index in [-0.39, 0.29) is 0 Å². The summed E-state index contributed by atoms with van der Waals surface area (Å²) >= 11 is 0. The van der Waals surface area contributed by atoms with E-state index in [1.165, 1.54) is 12.8 Å². The number of benzene rings is 1. The van der Waals surface area contributed by atoms with Crippen LogP contribution in [0.3, 0.4) is 0 Å². The molecular weight excluding hydrogens is 284 g/mol. The van der Waals surface area contributed by atoms with Gasteiger partial charge in [0.2, 0.25) is 10.0 Å². The number of rotatable bonds is 5. The van der Waals surface area contributed by atoms with Gasteiger partial charge in [-0.2, -0.15) is 4.31 Å². The lowest BCUT2D eigenvalue weighted by Crippen LogP contribution is -2.35. The van der Waals surface area contributed by atoms with Gasteiger partial charge in [0.15, 0.2) is 0 Å². The molecule has 1 heterocycles. The van der Waals surface area contributed by atoms with E-state index < -0.39 is 10.0 Å². The van der Waals surface area contributed by atoms with E-state index in [0.717, 1.165) is 36.9 Å². The molecule has 0 spiro atoms. The molecule has 1 aliphatic carbocycles. The molecule has 0 bridgehead atoms. The van der Waals surface area contributed by atoms with Gasteiger partial charge in [0, 0.05) is 25.7 Å².